The van der Waals surface area contributed by atoms with Crippen LogP contribution in [0, 0.1) is 11.6 Å². The van der Waals surface area contributed by atoms with Crippen LogP contribution in [0.2, 0.25) is 0 Å². The Balaban J connectivity index is 1.50. The SMILES string of the molecule is O=C(Nc1cc2c(c(C(=O)O)c1)Oc1ccccc1O2)c1cc2c(F)c(F)ccc2[nH]1. The van der Waals surface area contributed by atoms with Crippen molar-refractivity contribution in [3.63, 3.8) is 0 Å². The van der Waals surface area contributed by atoms with Crippen LogP contribution in [-0.4, -0.2) is 22.0 Å². The summed E-state index contributed by atoms with van der Waals surface area (Å²) in [5, 5.41) is 12.0. The first kappa shape index (κ1) is 18.6. The number of benzene rings is 3. The summed E-state index contributed by atoms with van der Waals surface area (Å²) < 4.78 is 38.8. The van der Waals surface area contributed by atoms with Gasteiger partial charge in [0.05, 0.1) is 0 Å². The number of aromatic carboxylic acids is 1. The van der Waals surface area contributed by atoms with Gasteiger partial charge in [-0.05, 0) is 36.4 Å². The smallest absolute Gasteiger partial charge is 0.339 e. The maximum atomic E-state index is 13.9. The highest BCUT2D eigenvalue weighted by molar-refractivity contribution is 6.07. The Hall–Kier alpha value is -4.40. The van der Waals surface area contributed by atoms with Gasteiger partial charge in [0.1, 0.15) is 11.3 Å². The Morgan fingerprint density at radius 1 is 0.935 bits per heavy atom. The molecule has 0 saturated carbocycles. The molecule has 1 aliphatic rings. The molecule has 2 heterocycles. The lowest BCUT2D eigenvalue weighted by molar-refractivity contribution is 0.0692. The van der Waals surface area contributed by atoms with Crippen molar-refractivity contribution in [3.05, 3.63) is 77.5 Å². The molecule has 0 spiro atoms. The molecule has 1 amide bonds. The summed E-state index contributed by atoms with van der Waals surface area (Å²) in [5.41, 5.74) is 0.118. The zero-order chi connectivity index (χ0) is 21.7. The van der Waals surface area contributed by atoms with E-state index in [1.54, 1.807) is 24.3 Å². The number of ether oxygens (including phenoxy) is 2. The summed E-state index contributed by atoms with van der Waals surface area (Å²) in [5.74, 6) is -3.19. The zero-order valence-electron chi connectivity index (χ0n) is 15.5. The van der Waals surface area contributed by atoms with Crippen molar-refractivity contribution in [3.8, 4) is 23.0 Å². The van der Waals surface area contributed by atoms with Crippen LogP contribution in [0.4, 0.5) is 14.5 Å². The molecule has 0 saturated heterocycles. The summed E-state index contributed by atoms with van der Waals surface area (Å²) in [6.07, 6.45) is 0. The number of rotatable bonds is 3. The third kappa shape index (κ3) is 3.12. The molecule has 0 radical (unpaired) electrons. The first-order valence-corrected chi connectivity index (χ1v) is 9.05. The largest absolute Gasteiger partial charge is 0.478 e. The van der Waals surface area contributed by atoms with Crippen molar-refractivity contribution in [2.75, 3.05) is 5.32 Å². The fraction of sp³-hybridized carbons (Fsp3) is 0. The maximum absolute atomic E-state index is 13.9. The van der Waals surface area contributed by atoms with Crippen molar-refractivity contribution in [2.45, 2.75) is 0 Å². The Kier molecular flexibility index (Phi) is 4.11. The van der Waals surface area contributed by atoms with E-state index in [1.807, 2.05) is 0 Å². The number of fused-ring (bicyclic) bond motifs is 3. The van der Waals surface area contributed by atoms with E-state index < -0.39 is 23.5 Å². The van der Waals surface area contributed by atoms with Gasteiger partial charge in [-0.25, -0.2) is 13.6 Å². The van der Waals surface area contributed by atoms with Crippen molar-refractivity contribution >= 4 is 28.5 Å². The number of hydrogen-bond donors (Lipinski definition) is 3. The van der Waals surface area contributed by atoms with Crippen LogP contribution >= 0.6 is 0 Å². The standard InChI is InChI=1S/C22H12F2N2O5/c23-13-5-6-14-11(19(13)24)9-15(26-14)21(27)25-10-7-12(22(28)29)20-18(8-10)30-16-3-1-2-4-17(16)31-20/h1-9,26H,(H,25,27)(H,28,29). The third-order valence-electron chi connectivity index (χ3n) is 4.76. The molecule has 0 bridgehead atoms. The number of aromatic amines is 1. The fourth-order valence-electron chi connectivity index (χ4n) is 3.32. The number of aromatic nitrogens is 1. The molecule has 31 heavy (non-hydrogen) atoms. The monoisotopic (exact) mass is 422 g/mol. The molecule has 0 unspecified atom stereocenters. The van der Waals surface area contributed by atoms with E-state index in [9.17, 15) is 23.5 Å². The zero-order valence-corrected chi connectivity index (χ0v) is 15.5. The minimum atomic E-state index is -1.28. The van der Waals surface area contributed by atoms with E-state index in [4.69, 9.17) is 9.47 Å². The summed E-state index contributed by atoms with van der Waals surface area (Å²) in [4.78, 5) is 27.1. The van der Waals surface area contributed by atoms with Crippen LogP contribution in [0.15, 0.2) is 54.6 Å². The van der Waals surface area contributed by atoms with Gasteiger partial charge in [0.2, 0.25) is 0 Å². The topological polar surface area (TPSA) is 101 Å². The third-order valence-corrected chi connectivity index (χ3v) is 4.76. The van der Waals surface area contributed by atoms with Gasteiger partial charge >= 0.3 is 5.97 Å². The first-order valence-electron chi connectivity index (χ1n) is 9.05. The van der Waals surface area contributed by atoms with Gasteiger partial charge in [-0.2, -0.15) is 0 Å². The molecule has 5 rings (SSSR count). The quantitative estimate of drug-likeness (QED) is 0.367. The Labute approximate surface area is 172 Å². The summed E-state index contributed by atoms with van der Waals surface area (Å²) in [6.45, 7) is 0. The van der Waals surface area contributed by atoms with Gasteiger partial charge in [0.25, 0.3) is 5.91 Å². The molecule has 0 aliphatic carbocycles. The second-order valence-corrected chi connectivity index (χ2v) is 6.77. The van der Waals surface area contributed by atoms with Gasteiger partial charge < -0.3 is 24.9 Å². The predicted molar refractivity (Wildman–Crippen MR) is 106 cm³/mol. The molecule has 7 nitrogen and oxygen atoms in total. The average molecular weight is 422 g/mol. The number of para-hydroxylation sites is 2. The number of hydrogen-bond acceptors (Lipinski definition) is 4. The van der Waals surface area contributed by atoms with Crippen molar-refractivity contribution < 1.29 is 33.0 Å². The van der Waals surface area contributed by atoms with Gasteiger partial charge in [0.15, 0.2) is 34.6 Å². The number of anilines is 1. The maximum Gasteiger partial charge on any atom is 0.339 e. The Morgan fingerprint density at radius 2 is 1.68 bits per heavy atom. The minimum Gasteiger partial charge on any atom is -0.478 e. The highest BCUT2D eigenvalue weighted by Gasteiger charge is 2.26. The van der Waals surface area contributed by atoms with E-state index in [0.29, 0.717) is 11.5 Å². The number of carbonyl (C=O) groups is 2. The van der Waals surface area contributed by atoms with Gasteiger partial charge in [0, 0.05) is 22.7 Å². The highest BCUT2D eigenvalue weighted by Crippen LogP contribution is 2.48. The van der Waals surface area contributed by atoms with E-state index >= 15 is 0 Å². The van der Waals surface area contributed by atoms with E-state index in [-0.39, 0.29) is 39.3 Å². The van der Waals surface area contributed by atoms with Crippen LogP contribution in [-0.2, 0) is 0 Å². The number of carbonyl (C=O) groups excluding carboxylic acids is 1. The minimum absolute atomic E-state index is 0.00681. The van der Waals surface area contributed by atoms with Crippen LogP contribution < -0.4 is 14.8 Å². The number of nitrogens with one attached hydrogen (secondary N) is 2. The summed E-state index contributed by atoms with van der Waals surface area (Å²) in [7, 11) is 0. The second-order valence-electron chi connectivity index (χ2n) is 6.77. The van der Waals surface area contributed by atoms with Crippen molar-refractivity contribution in [1.82, 2.24) is 4.98 Å². The number of amides is 1. The molecule has 1 aliphatic heterocycles. The molecular formula is C22H12F2N2O5. The molecule has 0 fully saturated rings. The lowest BCUT2D eigenvalue weighted by Crippen LogP contribution is -2.14. The summed E-state index contributed by atoms with van der Waals surface area (Å²) in [6, 6.07) is 12.8. The lowest BCUT2D eigenvalue weighted by atomic mass is 10.1. The van der Waals surface area contributed by atoms with Gasteiger partial charge in [-0.1, -0.05) is 12.1 Å². The van der Waals surface area contributed by atoms with Crippen molar-refractivity contribution in [2.24, 2.45) is 0 Å². The number of H-pyrrole nitrogens is 1. The van der Waals surface area contributed by atoms with Gasteiger partial charge in [-0.3, -0.25) is 4.79 Å². The van der Waals surface area contributed by atoms with Crippen LogP contribution in [0.5, 0.6) is 23.0 Å². The van der Waals surface area contributed by atoms with E-state index in [0.717, 1.165) is 6.07 Å². The molecule has 4 aromatic rings. The van der Waals surface area contributed by atoms with Gasteiger partial charge in [-0.15, -0.1) is 0 Å². The lowest BCUT2D eigenvalue weighted by Gasteiger charge is -2.22. The number of carboxylic acid groups (broad SMARTS) is 1. The van der Waals surface area contributed by atoms with E-state index in [2.05, 4.69) is 10.3 Å². The summed E-state index contributed by atoms with van der Waals surface area (Å²) >= 11 is 0. The van der Waals surface area contributed by atoms with E-state index in [1.165, 1.54) is 24.3 Å². The second kappa shape index (κ2) is 6.84. The average Bonchev–Trinajstić information content (AvgIpc) is 3.19. The molecule has 0 atom stereocenters. The first-order chi connectivity index (χ1) is 14.9. The molecule has 3 N–H and O–H groups in total. The van der Waals surface area contributed by atoms with Crippen LogP contribution in [0.1, 0.15) is 20.8 Å². The fourth-order valence-corrected chi connectivity index (χ4v) is 3.32. The molecule has 154 valence electrons. The number of halogens is 2. The molecular weight excluding hydrogens is 410 g/mol. The molecule has 9 heteroatoms. The highest BCUT2D eigenvalue weighted by atomic mass is 19.2. The van der Waals surface area contributed by atoms with Crippen LogP contribution in [0.25, 0.3) is 10.9 Å². The Morgan fingerprint density at radius 3 is 2.42 bits per heavy atom. The van der Waals surface area contributed by atoms with Crippen LogP contribution in [0.3, 0.4) is 0 Å². The number of carboxylic acids is 1. The van der Waals surface area contributed by atoms with Crippen molar-refractivity contribution in [1.29, 1.82) is 0 Å². The molecule has 3 aromatic carbocycles. The predicted octanol–water partition coefficient (Wildman–Crippen LogP) is 5.29. The molecule has 1 aromatic heterocycles. The normalized spacial score (nSPS) is 11.8. The Bertz CT molecular complexity index is 1400.